The van der Waals surface area contributed by atoms with E-state index in [9.17, 15) is 0 Å². The van der Waals surface area contributed by atoms with Gasteiger partial charge in [0.05, 0.1) is 6.54 Å². The number of thiocarbonyl (C=S) groups is 1. The summed E-state index contributed by atoms with van der Waals surface area (Å²) in [6.45, 7) is 2.49. The van der Waals surface area contributed by atoms with E-state index in [1.807, 2.05) is 43.1 Å². The Balaban J connectivity index is 1.69. The van der Waals surface area contributed by atoms with Gasteiger partial charge in [0.15, 0.2) is 5.11 Å². The summed E-state index contributed by atoms with van der Waals surface area (Å²) in [6.07, 6.45) is 0. The summed E-state index contributed by atoms with van der Waals surface area (Å²) in [6, 6.07) is 16.4. The van der Waals surface area contributed by atoms with E-state index in [-0.39, 0.29) is 0 Å². The van der Waals surface area contributed by atoms with Crippen LogP contribution in [0.4, 0.5) is 5.69 Å². The summed E-state index contributed by atoms with van der Waals surface area (Å²) in [5, 5.41) is 10.3. The van der Waals surface area contributed by atoms with Gasteiger partial charge in [-0.25, -0.2) is 0 Å². The molecule has 0 saturated carbocycles. The molecule has 0 fully saturated rings. The molecule has 5 heteroatoms. The number of aromatic nitrogens is 1. The van der Waals surface area contributed by atoms with E-state index in [2.05, 4.69) is 34.7 Å². The second-order valence-electron chi connectivity index (χ2n) is 5.28. The average Bonchev–Trinajstić information content (AvgIpc) is 2.92. The molecule has 2 aromatic carbocycles. The van der Waals surface area contributed by atoms with E-state index in [1.54, 1.807) is 0 Å². The summed E-state index contributed by atoms with van der Waals surface area (Å²) in [5.41, 5.74) is 1.84. The van der Waals surface area contributed by atoms with Crippen LogP contribution < -0.4 is 5.32 Å². The Bertz CT molecular complexity index is 812. The van der Waals surface area contributed by atoms with Crippen molar-refractivity contribution in [3.05, 3.63) is 60.0 Å². The van der Waals surface area contributed by atoms with Gasteiger partial charge in [-0.1, -0.05) is 35.5 Å². The molecular formula is C17H17N3OS. The van der Waals surface area contributed by atoms with Crippen molar-refractivity contribution in [2.24, 2.45) is 0 Å². The normalized spacial score (nSPS) is 10.6. The minimum atomic E-state index is 0.608. The average molecular weight is 311 g/mol. The number of nitrogens with zero attached hydrogens (tertiary/aromatic N) is 2. The molecule has 3 rings (SSSR count). The second-order valence-corrected chi connectivity index (χ2v) is 5.66. The van der Waals surface area contributed by atoms with Crippen LogP contribution in [0, 0.1) is 6.92 Å². The number of nitrogens with one attached hydrogen (secondary N) is 1. The van der Waals surface area contributed by atoms with Crippen LogP contribution >= 0.6 is 12.2 Å². The monoisotopic (exact) mass is 311 g/mol. The molecule has 0 aliphatic carbocycles. The fourth-order valence-electron chi connectivity index (χ4n) is 2.29. The number of aryl methyl sites for hydroxylation is 1. The topological polar surface area (TPSA) is 41.3 Å². The first kappa shape index (κ1) is 14.5. The number of anilines is 1. The molecule has 22 heavy (non-hydrogen) atoms. The standard InChI is InChI=1S/C17H17N3OS/c1-12-9-16(19-21-12)11-20(2)17(22)18-15-8-7-13-5-3-4-6-14(13)10-15/h3-10H,11H2,1-2H3,(H,18,22). The van der Waals surface area contributed by atoms with Crippen LogP contribution in [0.1, 0.15) is 11.5 Å². The van der Waals surface area contributed by atoms with Crippen molar-refractivity contribution in [2.45, 2.75) is 13.5 Å². The molecule has 0 radical (unpaired) electrons. The third kappa shape index (κ3) is 3.26. The number of fused-ring (bicyclic) bond motifs is 1. The smallest absolute Gasteiger partial charge is 0.173 e. The quantitative estimate of drug-likeness (QED) is 0.741. The lowest BCUT2D eigenvalue weighted by molar-refractivity contribution is 0.378. The summed E-state index contributed by atoms with van der Waals surface area (Å²) in [4.78, 5) is 1.93. The van der Waals surface area contributed by atoms with Crippen molar-refractivity contribution in [3.63, 3.8) is 0 Å². The lowest BCUT2D eigenvalue weighted by Gasteiger charge is -2.20. The highest BCUT2D eigenvalue weighted by atomic mass is 32.1. The van der Waals surface area contributed by atoms with Gasteiger partial charge in [0.25, 0.3) is 0 Å². The van der Waals surface area contributed by atoms with E-state index < -0.39 is 0 Å². The first-order valence-electron chi connectivity index (χ1n) is 7.05. The van der Waals surface area contributed by atoms with Crippen LogP contribution in [-0.2, 0) is 6.54 Å². The Morgan fingerprint density at radius 3 is 2.68 bits per heavy atom. The number of hydrogen-bond acceptors (Lipinski definition) is 3. The molecule has 4 nitrogen and oxygen atoms in total. The second kappa shape index (κ2) is 6.15. The van der Waals surface area contributed by atoms with Gasteiger partial charge in [0.2, 0.25) is 0 Å². The molecule has 1 heterocycles. The molecule has 3 aromatic rings. The molecular weight excluding hydrogens is 294 g/mol. The van der Waals surface area contributed by atoms with Gasteiger partial charge in [-0.05, 0) is 42.0 Å². The van der Waals surface area contributed by atoms with E-state index >= 15 is 0 Å². The number of rotatable bonds is 3. The molecule has 0 spiro atoms. The van der Waals surface area contributed by atoms with Crippen LogP contribution in [0.5, 0.6) is 0 Å². The fourth-order valence-corrected chi connectivity index (χ4v) is 2.48. The molecule has 1 aromatic heterocycles. The van der Waals surface area contributed by atoms with Crippen LogP contribution in [-0.4, -0.2) is 22.2 Å². The van der Waals surface area contributed by atoms with Gasteiger partial charge in [0, 0.05) is 18.8 Å². The predicted molar refractivity (Wildman–Crippen MR) is 92.9 cm³/mol. The third-order valence-corrected chi connectivity index (χ3v) is 3.84. The summed E-state index contributed by atoms with van der Waals surface area (Å²) in [5.74, 6) is 0.803. The SMILES string of the molecule is Cc1cc(CN(C)C(=S)Nc2ccc3ccccc3c2)no1. The Morgan fingerprint density at radius 2 is 1.95 bits per heavy atom. The van der Waals surface area contributed by atoms with Gasteiger partial charge >= 0.3 is 0 Å². The van der Waals surface area contributed by atoms with E-state index in [4.69, 9.17) is 16.7 Å². The first-order chi connectivity index (χ1) is 10.6. The van der Waals surface area contributed by atoms with Crippen LogP contribution in [0.2, 0.25) is 0 Å². The van der Waals surface area contributed by atoms with Gasteiger partial charge in [-0.15, -0.1) is 0 Å². The number of benzene rings is 2. The zero-order chi connectivity index (χ0) is 15.5. The molecule has 0 bridgehead atoms. The van der Waals surface area contributed by atoms with Crippen molar-refractivity contribution in [3.8, 4) is 0 Å². The van der Waals surface area contributed by atoms with Crippen LogP contribution in [0.25, 0.3) is 10.8 Å². The minimum absolute atomic E-state index is 0.608. The maximum absolute atomic E-state index is 5.44. The molecule has 112 valence electrons. The predicted octanol–water partition coefficient (Wildman–Crippen LogP) is 3.97. The maximum Gasteiger partial charge on any atom is 0.173 e. The van der Waals surface area contributed by atoms with Gasteiger partial charge in [0.1, 0.15) is 11.5 Å². The molecule has 0 atom stereocenters. The van der Waals surface area contributed by atoms with Crippen molar-refractivity contribution >= 4 is 33.8 Å². The highest BCUT2D eigenvalue weighted by molar-refractivity contribution is 7.80. The zero-order valence-corrected chi connectivity index (χ0v) is 13.4. The fraction of sp³-hybridized carbons (Fsp3) is 0.176. The lowest BCUT2D eigenvalue weighted by atomic mass is 10.1. The minimum Gasteiger partial charge on any atom is -0.361 e. The third-order valence-electron chi connectivity index (χ3n) is 3.42. The highest BCUT2D eigenvalue weighted by Gasteiger charge is 2.09. The van der Waals surface area contributed by atoms with Crippen molar-refractivity contribution in [1.82, 2.24) is 10.1 Å². The molecule has 0 aliphatic rings. The first-order valence-corrected chi connectivity index (χ1v) is 7.46. The van der Waals surface area contributed by atoms with Crippen LogP contribution in [0.3, 0.4) is 0 Å². The van der Waals surface area contributed by atoms with Crippen molar-refractivity contribution in [2.75, 3.05) is 12.4 Å². The lowest BCUT2D eigenvalue weighted by Crippen LogP contribution is -2.30. The summed E-state index contributed by atoms with van der Waals surface area (Å²) < 4.78 is 5.07. The Labute approximate surface area is 134 Å². The van der Waals surface area contributed by atoms with E-state index in [1.165, 1.54) is 10.8 Å². The van der Waals surface area contributed by atoms with Crippen LogP contribution in [0.15, 0.2) is 53.1 Å². The summed E-state index contributed by atoms with van der Waals surface area (Å²) in [7, 11) is 1.93. The molecule has 1 N–H and O–H groups in total. The molecule has 0 unspecified atom stereocenters. The molecule has 0 amide bonds. The van der Waals surface area contributed by atoms with E-state index in [0.717, 1.165) is 17.1 Å². The maximum atomic E-state index is 5.44. The number of hydrogen-bond donors (Lipinski definition) is 1. The molecule has 0 aliphatic heterocycles. The zero-order valence-electron chi connectivity index (χ0n) is 12.5. The Hall–Kier alpha value is -2.40. The van der Waals surface area contributed by atoms with E-state index in [0.29, 0.717) is 11.7 Å². The van der Waals surface area contributed by atoms with Crippen molar-refractivity contribution < 1.29 is 4.52 Å². The van der Waals surface area contributed by atoms with Gasteiger partial charge in [-0.3, -0.25) is 0 Å². The van der Waals surface area contributed by atoms with Crippen molar-refractivity contribution in [1.29, 1.82) is 0 Å². The van der Waals surface area contributed by atoms with Gasteiger partial charge < -0.3 is 14.7 Å². The summed E-state index contributed by atoms with van der Waals surface area (Å²) >= 11 is 5.44. The molecule has 0 saturated heterocycles. The Kier molecular flexibility index (Phi) is 4.06. The van der Waals surface area contributed by atoms with Gasteiger partial charge in [-0.2, -0.15) is 0 Å². The highest BCUT2D eigenvalue weighted by Crippen LogP contribution is 2.19. The largest absolute Gasteiger partial charge is 0.361 e. The Morgan fingerprint density at radius 1 is 1.18 bits per heavy atom.